The van der Waals surface area contributed by atoms with E-state index >= 15 is 0 Å². The summed E-state index contributed by atoms with van der Waals surface area (Å²) in [6.07, 6.45) is 1.03. The van der Waals surface area contributed by atoms with Crippen LogP contribution in [-0.2, 0) is 14.8 Å². The highest BCUT2D eigenvalue weighted by Gasteiger charge is 2.30. The maximum atomic E-state index is 11.4. The standard InChI is InChI=1S/C10H11N3O4S/c1-18(16,17)13-7-4-2-3-6(5-7)8-9(14)12-10(15)11-8/h2-5,8,13H,1H3,(H2,11,12,14,15). The molecule has 0 radical (unpaired) electrons. The first-order chi connectivity index (χ1) is 8.35. The van der Waals surface area contributed by atoms with Crippen molar-refractivity contribution in [2.24, 2.45) is 0 Å². The van der Waals surface area contributed by atoms with Gasteiger partial charge < -0.3 is 5.32 Å². The molecule has 1 aromatic carbocycles. The minimum absolute atomic E-state index is 0.337. The summed E-state index contributed by atoms with van der Waals surface area (Å²) in [4.78, 5) is 22.4. The predicted octanol–water partition coefficient (Wildman–Crippen LogP) is -0.0614. The molecule has 1 unspecified atom stereocenters. The number of imide groups is 1. The minimum atomic E-state index is -3.38. The fourth-order valence-electron chi connectivity index (χ4n) is 1.65. The summed E-state index contributed by atoms with van der Waals surface area (Å²) in [5, 5.41) is 4.54. The molecule has 0 aromatic heterocycles. The maximum Gasteiger partial charge on any atom is 0.322 e. The van der Waals surface area contributed by atoms with E-state index in [9.17, 15) is 18.0 Å². The van der Waals surface area contributed by atoms with Crippen molar-refractivity contribution in [3.8, 4) is 0 Å². The summed E-state index contributed by atoms with van der Waals surface area (Å²) in [6, 6.07) is 4.92. The number of carbonyl (C=O) groups is 2. The van der Waals surface area contributed by atoms with Gasteiger partial charge in [0.25, 0.3) is 5.91 Å². The smallest absolute Gasteiger partial charge is 0.322 e. The van der Waals surface area contributed by atoms with E-state index in [2.05, 4.69) is 15.4 Å². The molecule has 2 rings (SSSR count). The van der Waals surface area contributed by atoms with Gasteiger partial charge in [-0.15, -0.1) is 0 Å². The molecule has 18 heavy (non-hydrogen) atoms. The molecule has 96 valence electrons. The van der Waals surface area contributed by atoms with E-state index < -0.39 is 28.0 Å². The number of nitrogens with one attached hydrogen (secondary N) is 3. The molecule has 0 bridgehead atoms. The van der Waals surface area contributed by atoms with Crippen LogP contribution in [-0.4, -0.2) is 26.6 Å². The molecule has 0 aliphatic carbocycles. The van der Waals surface area contributed by atoms with Crippen LogP contribution in [0.4, 0.5) is 10.5 Å². The lowest BCUT2D eigenvalue weighted by Crippen LogP contribution is -2.22. The van der Waals surface area contributed by atoms with Crippen LogP contribution in [0.5, 0.6) is 0 Å². The zero-order valence-corrected chi connectivity index (χ0v) is 10.2. The molecule has 0 saturated carbocycles. The third kappa shape index (κ3) is 2.77. The number of sulfonamides is 1. The molecule has 3 amide bonds. The Morgan fingerprint density at radius 2 is 2.00 bits per heavy atom. The minimum Gasteiger partial charge on any atom is -0.322 e. The predicted molar refractivity (Wildman–Crippen MR) is 64.3 cm³/mol. The van der Waals surface area contributed by atoms with Gasteiger partial charge in [0.2, 0.25) is 10.0 Å². The van der Waals surface area contributed by atoms with Crippen LogP contribution in [0.1, 0.15) is 11.6 Å². The molecule has 1 saturated heterocycles. The van der Waals surface area contributed by atoms with Gasteiger partial charge in [0.05, 0.1) is 6.26 Å². The van der Waals surface area contributed by atoms with Gasteiger partial charge >= 0.3 is 6.03 Å². The van der Waals surface area contributed by atoms with Gasteiger partial charge in [-0.25, -0.2) is 13.2 Å². The molecule has 1 aliphatic heterocycles. The first-order valence-electron chi connectivity index (χ1n) is 5.04. The monoisotopic (exact) mass is 269 g/mol. The van der Waals surface area contributed by atoms with Crippen LogP contribution in [0.15, 0.2) is 24.3 Å². The lowest BCUT2D eigenvalue weighted by molar-refractivity contribution is -0.120. The zero-order valence-electron chi connectivity index (χ0n) is 9.43. The molecule has 1 heterocycles. The Morgan fingerprint density at radius 3 is 2.56 bits per heavy atom. The van der Waals surface area contributed by atoms with Crippen molar-refractivity contribution < 1.29 is 18.0 Å². The molecule has 3 N–H and O–H groups in total. The summed E-state index contributed by atoms with van der Waals surface area (Å²) in [6.45, 7) is 0. The summed E-state index contributed by atoms with van der Waals surface area (Å²) in [5.74, 6) is -0.462. The average Bonchev–Trinajstić information content (AvgIpc) is 2.55. The molecule has 1 aromatic rings. The average molecular weight is 269 g/mol. The van der Waals surface area contributed by atoms with E-state index in [1.54, 1.807) is 18.2 Å². The largest absolute Gasteiger partial charge is 0.322 e. The highest BCUT2D eigenvalue weighted by Crippen LogP contribution is 2.20. The number of hydrogen-bond donors (Lipinski definition) is 3. The second-order valence-electron chi connectivity index (χ2n) is 3.90. The van der Waals surface area contributed by atoms with Gasteiger partial charge in [0.15, 0.2) is 0 Å². The van der Waals surface area contributed by atoms with Gasteiger partial charge in [-0.05, 0) is 17.7 Å². The Bertz CT molecular complexity index is 611. The van der Waals surface area contributed by atoms with Crippen molar-refractivity contribution in [3.63, 3.8) is 0 Å². The molecular weight excluding hydrogens is 258 g/mol. The molecular formula is C10H11N3O4S. The van der Waals surface area contributed by atoms with Crippen LogP contribution >= 0.6 is 0 Å². The fraction of sp³-hybridized carbons (Fsp3) is 0.200. The summed E-state index contributed by atoms with van der Waals surface area (Å²) < 4.78 is 24.5. The number of amides is 3. The quantitative estimate of drug-likeness (QED) is 0.668. The van der Waals surface area contributed by atoms with Crippen LogP contribution in [0, 0.1) is 0 Å². The molecule has 8 heteroatoms. The molecule has 0 spiro atoms. The topological polar surface area (TPSA) is 104 Å². The Kier molecular flexibility index (Phi) is 2.95. The van der Waals surface area contributed by atoms with Crippen LogP contribution in [0.3, 0.4) is 0 Å². The van der Waals surface area contributed by atoms with Gasteiger partial charge in [0.1, 0.15) is 6.04 Å². The van der Waals surface area contributed by atoms with Crippen molar-refractivity contribution >= 4 is 27.6 Å². The number of urea groups is 1. The zero-order chi connectivity index (χ0) is 13.3. The third-order valence-corrected chi connectivity index (χ3v) is 2.90. The normalized spacial score (nSPS) is 19.3. The SMILES string of the molecule is CS(=O)(=O)Nc1cccc(C2NC(=O)NC2=O)c1. The van der Waals surface area contributed by atoms with Gasteiger partial charge in [0, 0.05) is 5.69 Å². The number of carbonyl (C=O) groups excluding carboxylic acids is 2. The molecule has 7 nitrogen and oxygen atoms in total. The molecule has 1 aliphatic rings. The maximum absolute atomic E-state index is 11.4. The lowest BCUT2D eigenvalue weighted by Gasteiger charge is -2.10. The van der Waals surface area contributed by atoms with Crippen molar-refractivity contribution in [2.75, 3.05) is 11.0 Å². The van der Waals surface area contributed by atoms with Gasteiger partial charge in [-0.2, -0.15) is 0 Å². The third-order valence-electron chi connectivity index (χ3n) is 2.30. The van der Waals surface area contributed by atoms with Crippen LogP contribution in [0.25, 0.3) is 0 Å². The Balaban J connectivity index is 2.28. The second-order valence-corrected chi connectivity index (χ2v) is 5.64. The molecule has 1 atom stereocenters. The highest BCUT2D eigenvalue weighted by molar-refractivity contribution is 7.92. The van der Waals surface area contributed by atoms with E-state index in [1.165, 1.54) is 6.07 Å². The van der Waals surface area contributed by atoms with Gasteiger partial charge in [-0.3, -0.25) is 14.8 Å². The van der Waals surface area contributed by atoms with Crippen molar-refractivity contribution in [3.05, 3.63) is 29.8 Å². The Hall–Kier alpha value is -2.09. The summed E-state index contributed by atoms with van der Waals surface area (Å²) >= 11 is 0. The fourth-order valence-corrected chi connectivity index (χ4v) is 2.20. The summed E-state index contributed by atoms with van der Waals surface area (Å²) in [5.41, 5.74) is 0.843. The number of rotatable bonds is 3. The van der Waals surface area contributed by atoms with Crippen molar-refractivity contribution in [1.82, 2.24) is 10.6 Å². The first-order valence-corrected chi connectivity index (χ1v) is 6.93. The van der Waals surface area contributed by atoms with Gasteiger partial charge in [-0.1, -0.05) is 12.1 Å². The number of hydrogen-bond acceptors (Lipinski definition) is 4. The number of benzene rings is 1. The first kappa shape index (κ1) is 12.4. The highest BCUT2D eigenvalue weighted by atomic mass is 32.2. The van der Waals surface area contributed by atoms with E-state index in [4.69, 9.17) is 0 Å². The Labute approximate surface area is 104 Å². The van der Waals surface area contributed by atoms with E-state index in [0.29, 0.717) is 11.3 Å². The van der Waals surface area contributed by atoms with E-state index in [0.717, 1.165) is 6.26 Å². The van der Waals surface area contributed by atoms with E-state index in [-0.39, 0.29) is 0 Å². The van der Waals surface area contributed by atoms with E-state index in [1.807, 2.05) is 0 Å². The Morgan fingerprint density at radius 1 is 1.28 bits per heavy atom. The summed E-state index contributed by atoms with van der Waals surface area (Å²) in [7, 11) is -3.38. The van der Waals surface area contributed by atoms with Crippen LogP contribution < -0.4 is 15.4 Å². The van der Waals surface area contributed by atoms with Crippen LogP contribution in [0.2, 0.25) is 0 Å². The molecule has 1 fully saturated rings. The number of anilines is 1. The second kappa shape index (κ2) is 4.30. The van der Waals surface area contributed by atoms with Crippen molar-refractivity contribution in [2.45, 2.75) is 6.04 Å². The van der Waals surface area contributed by atoms with Crippen molar-refractivity contribution in [1.29, 1.82) is 0 Å². The lowest BCUT2D eigenvalue weighted by atomic mass is 10.1.